The standard InChI is InChI=1S/Mo.6H2O/h;6*1H2/p-6. The Labute approximate surface area is 54.6 Å². The first-order valence-corrected chi connectivity index (χ1v) is 0. The fraction of sp³-hybridized carbons (Fsp3) is 0. The van der Waals surface area contributed by atoms with E-state index in [9.17, 15) is 0 Å². The van der Waals surface area contributed by atoms with Crippen LogP contribution in [0.25, 0.3) is 0 Å². The second kappa shape index (κ2) is 952. The van der Waals surface area contributed by atoms with Crippen molar-refractivity contribution in [3.63, 3.8) is 0 Å². The molecule has 0 aliphatic rings. The number of hydrogen-bond acceptors (Lipinski definition) is 6. The van der Waals surface area contributed by atoms with Gasteiger partial charge < -0.3 is 32.9 Å². The van der Waals surface area contributed by atoms with Gasteiger partial charge >= 0.3 is 0 Å². The van der Waals surface area contributed by atoms with Crippen molar-refractivity contribution in [3.8, 4) is 0 Å². The van der Waals surface area contributed by atoms with E-state index < -0.39 is 0 Å². The summed E-state index contributed by atoms with van der Waals surface area (Å²) in [6, 6.07) is 0. The van der Waals surface area contributed by atoms with Crippen LogP contribution in [0.3, 0.4) is 0 Å². The third-order valence-electron chi connectivity index (χ3n) is 0. The van der Waals surface area contributed by atoms with Crippen molar-refractivity contribution in [2.45, 2.75) is 0 Å². The third kappa shape index (κ3) is 635. The summed E-state index contributed by atoms with van der Waals surface area (Å²) in [6.07, 6.45) is 0. The minimum absolute atomic E-state index is 0. The van der Waals surface area contributed by atoms with Gasteiger partial charge in [0.1, 0.15) is 0 Å². The molecule has 0 heterocycles. The molecule has 0 aromatic rings. The quantitative estimate of drug-likeness (QED) is 0.446. The molecule has 6 N–H and O–H groups in total. The molecule has 0 fully saturated rings. The first-order chi connectivity index (χ1) is 0. The first-order valence-electron chi connectivity index (χ1n) is 0. The molecule has 7 heavy (non-hydrogen) atoms. The van der Waals surface area contributed by atoms with Gasteiger partial charge in [-0.05, 0) is 0 Å². The molecule has 0 aliphatic heterocycles. The van der Waals surface area contributed by atoms with E-state index in [1.807, 2.05) is 0 Å². The van der Waals surface area contributed by atoms with Crippen LogP contribution in [-0.4, -0.2) is 32.9 Å². The first kappa shape index (κ1) is 1540. The molecule has 7 heteroatoms. The molecule has 0 saturated carbocycles. The van der Waals surface area contributed by atoms with Gasteiger partial charge in [0.15, 0.2) is 0 Å². The SMILES string of the molecule is [Mo].[OH-].[OH-].[OH-].[OH-].[OH-].[OH-]. The van der Waals surface area contributed by atoms with Gasteiger partial charge in [-0.25, -0.2) is 0 Å². The van der Waals surface area contributed by atoms with Crippen molar-refractivity contribution in [1.29, 1.82) is 0 Å². The van der Waals surface area contributed by atoms with Gasteiger partial charge in [-0.2, -0.15) is 0 Å². The van der Waals surface area contributed by atoms with Gasteiger partial charge in [0.05, 0.1) is 0 Å². The third-order valence-corrected chi connectivity index (χ3v) is 0. The second-order valence-corrected chi connectivity index (χ2v) is 0. The molecule has 0 spiro atoms. The van der Waals surface area contributed by atoms with Crippen LogP contribution in [0.5, 0.6) is 0 Å². The Morgan fingerprint density at radius 1 is 0.286 bits per heavy atom. The van der Waals surface area contributed by atoms with Gasteiger partial charge in [0, 0.05) is 21.1 Å². The normalized spacial score (nSPS) is 0. The summed E-state index contributed by atoms with van der Waals surface area (Å²) in [5.41, 5.74) is 0. The maximum atomic E-state index is 0. The maximum absolute atomic E-state index is 0. The van der Waals surface area contributed by atoms with Crippen LogP contribution in [0.1, 0.15) is 0 Å². The van der Waals surface area contributed by atoms with E-state index in [-0.39, 0.29) is 53.9 Å². The monoisotopic (exact) mass is 200 g/mol. The average molecular weight is 198 g/mol. The summed E-state index contributed by atoms with van der Waals surface area (Å²) in [6.45, 7) is 0. The van der Waals surface area contributed by atoms with Crippen molar-refractivity contribution in [3.05, 3.63) is 0 Å². The molecule has 0 amide bonds. The molecule has 0 rings (SSSR count). The largest absolute Gasteiger partial charge is 0.870 e. The molecule has 54 valence electrons. The molecule has 0 aromatic carbocycles. The molecule has 0 atom stereocenters. The topological polar surface area (TPSA) is 180 Å². The minimum atomic E-state index is 0. The summed E-state index contributed by atoms with van der Waals surface area (Å²) in [4.78, 5) is 0. The summed E-state index contributed by atoms with van der Waals surface area (Å²) in [5.74, 6) is 0. The molecule has 0 radical (unpaired) electrons. The molecular weight excluding hydrogens is 192 g/mol. The Morgan fingerprint density at radius 2 is 0.286 bits per heavy atom. The van der Waals surface area contributed by atoms with E-state index in [0.29, 0.717) is 0 Å². The molecule has 0 saturated heterocycles. The Bertz CT molecular complexity index is 4.14. The molecular formula is H6MoO6-6. The van der Waals surface area contributed by atoms with Crippen molar-refractivity contribution in [2.24, 2.45) is 0 Å². The molecule has 0 bridgehead atoms. The maximum Gasteiger partial charge on any atom is 0 e. The van der Waals surface area contributed by atoms with Crippen LogP contribution in [-0.2, 0) is 21.1 Å². The number of rotatable bonds is 0. The predicted octanol–water partition coefficient (Wildman–Crippen LogP) is -1.06. The molecule has 0 unspecified atom stereocenters. The van der Waals surface area contributed by atoms with E-state index in [2.05, 4.69) is 0 Å². The van der Waals surface area contributed by atoms with Gasteiger partial charge in [0.2, 0.25) is 0 Å². The predicted molar refractivity (Wildman–Crippen MR) is 11.6 cm³/mol. The fourth-order valence-corrected chi connectivity index (χ4v) is 0. The molecule has 0 aliphatic carbocycles. The van der Waals surface area contributed by atoms with Crippen LogP contribution >= 0.6 is 0 Å². The van der Waals surface area contributed by atoms with Crippen LogP contribution in [0.2, 0.25) is 0 Å². The fourth-order valence-electron chi connectivity index (χ4n) is 0. The summed E-state index contributed by atoms with van der Waals surface area (Å²) in [5, 5.41) is 0. The van der Waals surface area contributed by atoms with Crippen LogP contribution in [0.4, 0.5) is 0 Å². The van der Waals surface area contributed by atoms with E-state index in [4.69, 9.17) is 0 Å². The smallest absolute Gasteiger partial charge is 0 e. The van der Waals surface area contributed by atoms with Crippen LogP contribution in [0.15, 0.2) is 0 Å². The Balaban J connectivity index is 0. The van der Waals surface area contributed by atoms with Gasteiger partial charge in [0.25, 0.3) is 0 Å². The minimum Gasteiger partial charge on any atom is -0.870 e. The summed E-state index contributed by atoms with van der Waals surface area (Å²) < 4.78 is 0. The second-order valence-electron chi connectivity index (χ2n) is 0. The average Bonchev–Trinajstić information content (AvgIpc) is 0. The number of hydrogen-bond donors (Lipinski definition) is 0. The van der Waals surface area contributed by atoms with Gasteiger partial charge in [-0.3, -0.25) is 0 Å². The van der Waals surface area contributed by atoms with E-state index >= 15 is 0 Å². The van der Waals surface area contributed by atoms with E-state index in [1.165, 1.54) is 0 Å². The molecule has 6 nitrogen and oxygen atoms in total. The van der Waals surface area contributed by atoms with Crippen molar-refractivity contribution in [1.82, 2.24) is 0 Å². The Morgan fingerprint density at radius 3 is 0.286 bits per heavy atom. The summed E-state index contributed by atoms with van der Waals surface area (Å²) >= 11 is 0. The Hall–Kier alpha value is 0.448. The molecule has 0 aromatic heterocycles. The zero-order valence-corrected chi connectivity index (χ0v) is 5.10. The van der Waals surface area contributed by atoms with E-state index in [0.717, 1.165) is 0 Å². The van der Waals surface area contributed by atoms with Crippen molar-refractivity contribution in [2.75, 3.05) is 0 Å². The van der Waals surface area contributed by atoms with Gasteiger partial charge in [-0.15, -0.1) is 0 Å². The zero-order valence-electron chi connectivity index (χ0n) is 3.09. The van der Waals surface area contributed by atoms with Crippen LogP contribution < -0.4 is 0 Å². The van der Waals surface area contributed by atoms with Crippen LogP contribution in [0, 0.1) is 0 Å². The van der Waals surface area contributed by atoms with E-state index in [1.54, 1.807) is 0 Å². The van der Waals surface area contributed by atoms with Gasteiger partial charge in [-0.1, -0.05) is 0 Å². The zero-order chi connectivity index (χ0) is 0. The summed E-state index contributed by atoms with van der Waals surface area (Å²) in [7, 11) is 0. The van der Waals surface area contributed by atoms with Crippen molar-refractivity contribution >= 4 is 0 Å². The van der Waals surface area contributed by atoms with Crippen molar-refractivity contribution < 1.29 is 53.9 Å². The Kier molecular flexibility index (Phi) is 210000.